The van der Waals surface area contributed by atoms with Crippen LogP contribution in [0, 0.1) is 6.92 Å². The average molecular weight is 511 g/mol. The van der Waals surface area contributed by atoms with Crippen LogP contribution < -0.4 is 0 Å². The van der Waals surface area contributed by atoms with Crippen molar-refractivity contribution >= 4 is 0 Å². The Kier molecular flexibility index (Phi) is 6.46. The summed E-state index contributed by atoms with van der Waals surface area (Å²) in [5.41, 5.74) is 18.6. The zero-order valence-electron chi connectivity index (χ0n) is 23.9. The summed E-state index contributed by atoms with van der Waals surface area (Å²) in [5.74, 6) is 0. The van der Waals surface area contributed by atoms with Gasteiger partial charge in [0.1, 0.15) is 0 Å². The average Bonchev–Trinajstić information content (AvgIpc) is 3.16. The summed E-state index contributed by atoms with van der Waals surface area (Å²) in [7, 11) is 0. The Balaban J connectivity index is 1.22. The SMILES string of the molecule is CCCc1ccc2c(c1)C(CCCc1ccc3c(c1)CC3)(CCCc1ccc3c(c1)CC3)c1cc(C)ccc1-2. The van der Waals surface area contributed by atoms with Crippen molar-refractivity contribution in [3.05, 3.63) is 128 Å². The molecule has 0 saturated heterocycles. The number of benzene rings is 4. The first-order valence-corrected chi connectivity index (χ1v) is 15.6. The molecule has 198 valence electrons. The van der Waals surface area contributed by atoms with Crippen molar-refractivity contribution in [2.24, 2.45) is 0 Å². The van der Waals surface area contributed by atoms with Gasteiger partial charge in [0.05, 0.1) is 0 Å². The summed E-state index contributed by atoms with van der Waals surface area (Å²) < 4.78 is 0. The molecule has 0 bridgehead atoms. The second-order valence-electron chi connectivity index (χ2n) is 12.7. The molecule has 0 nitrogen and oxygen atoms in total. The van der Waals surface area contributed by atoms with Gasteiger partial charge in [0.2, 0.25) is 0 Å². The largest absolute Gasteiger partial charge is 0.0651 e. The van der Waals surface area contributed by atoms with E-state index in [-0.39, 0.29) is 5.41 Å². The lowest BCUT2D eigenvalue weighted by molar-refractivity contribution is 0.418. The first-order chi connectivity index (χ1) is 19.1. The topological polar surface area (TPSA) is 0 Å². The molecule has 4 aromatic carbocycles. The predicted octanol–water partition coefficient (Wildman–Crippen LogP) is 9.46. The fourth-order valence-corrected chi connectivity index (χ4v) is 7.76. The van der Waals surface area contributed by atoms with Crippen molar-refractivity contribution in [2.75, 3.05) is 0 Å². The molecular formula is C39H42. The molecule has 0 fully saturated rings. The summed E-state index contributed by atoms with van der Waals surface area (Å²) in [6, 6.07) is 29.3. The van der Waals surface area contributed by atoms with Gasteiger partial charge < -0.3 is 0 Å². The number of aryl methyl sites for hydroxylation is 8. The Morgan fingerprint density at radius 2 is 1.05 bits per heavy atom. The third-order valence-electron chi connectivity index (χ3n) is 10.1. The highest BCUT2D eigenvalue weighted by Crippen LogP contribution is 2.54. The van der Waals surface area contributed by atoms with Crippen LogP contribution in [-0.4, -0.2) is 0 Å². The molecule has 0 aliphatic heterocycles. The molecule has 3 aliphatic rings. The van der Waals surface area contributed by atoms with Gasteiger partial charge in [0.15, 0.2) is 0 Å². The molecule has 0 saturated carbocycles. The van der Waals surface area contributed by atoms with Crippen molar-refractivity contribution in [2.45, 2.75) is 96.3 Å². The van der Waals surface area contributed by atoms with Crippen LogP contribution >= 0.6 is 0 Å². The zero-order chi connectivity index (χ0) is 26.4. The van der Waals surface area contributed by atoms with Crippen molar-refractivity contribution in [1.29, 1.82) is 0 Å². The van der Waals surface area contributed by atoms with E-state index in [1.165, 1.54) is 110 Å². The molecule has 0 heteroatoms. The van der Waals surface area contributed by atoms with Crippen LogP contribution in [-0.2, 0) is 50.4 Å². The van der Waals surface area contributed by atoms with Crippen molar-refractivity contribution in [1.82, 2.24) is 0 Å². The van der Waals surface area contributed by atoms with E-state index in [1.54, 1.807) is 33.4 Å². The maximum Gasteiger partial charge on any atom is 0.0215 e. The molecule has 0 spiro atoms. The quantitative estimate of drug-likeness (QED) is 0.199. The lowest BCUT2D eigenvalue weighted by Crippen LogP contribution is -2.26. The molecule has 0 atom stereocenters. The minimum absolute atomic E-state index is 0.111. The van der Waals surface area contributed by atoms with Gasteiger partial charge in [0, 0.05) is 5.41 Å². The summed E-state index contributed by atoms with van der Waals surface area (Å²) in [6.07, 6.45) is 14.8. The van der Waals surface area contributed by atoms with Gasteiger partial charge in [-0.1, -0.05) is 91.7 Å². The van der Waals surface area contributed by atoms with E-state index >= 15 is 0 Å². The van der Waals surface area contributed by atoms with Gasteiger partial charge in [-0.05, 0) is 139 Å². The van der Waals surface area contributed by atoms with Crippen LogP contribution in [0.25, 0.3) is 11.1 Å². The van der Waals surface area contributed by atoms with Crippen LogP contribution in [0.3, 0.4) is 0 Å². The van der Waals surface area contributed by atoms with Crippen LogP contribution in [0.15, 0.2) is 72.8 Å². The minimum atomic E-state index is 0.111. The number of rotatable bonds is 10. The van der Waals surface area contributed by atoms with Gasteiger partial charge in [-0.15, -0.1) is 0 Å². The van der Waals surface area contributed by atoms with E-state index in [4.69, 9.17) is 0 Å². The monoisotopic (exact) mass is 510 g/mol. The Bertz CT molecular complexity index is 1470. The van der Waals surface area contributed by atoms with Crippen molar-refractivity contribution in [3.8, 4) is 11.1 Å². The molecule has 0 amide bonds. The standard InChI is InChI=1S/C39H42/c1-3-6-28-12-20-36-35-19-9-27(2)23-37(35)39(38(36)26-28,21-4-7-29-10-13-31-15-17-33(31)24-29)22-5-8-30-11-14-32-16-18-34(32)25-30/h9-14,19-20,23-26H,3-8,15-18,21-22H2,1-2H3. The maximum atomic E-state index is 2.60. The van der Waals surface area contributed by atoms with Gasteiger partial charge in [0.25, 0.3) is 0 Å². The fourth-order valence-electron chi connectivity index (χ4n) is 7.76. The molecule has 0 unspecified atom stereocenters. The van der Waals surface area contributed by atoms with Crippen LogP contribution in [0.1, 0.15) is 94.7 Å². The van der Waals surface area contributed by atoms with Crippen molar-refractivity contribution in [3.63, 3.8) is 0 Å². The summed E-state index contributed by atoms with van der Waals surface area (Å²) in [5, 5.41) is 0. The number of fused-ring (bicyclic) bond motifs is 5. The highest BCUT2D eigenvalue weighted by atomic mass is 14.4. The molecule has 0 N–H and O–H groups in total. The third kappa shape index (κ3) is 4.47. The highest BCUT2D eigenvalue weighted by Gasteiger charge is 2.42. The maximum absolute atomic E-state index is 2.60. The number of hydrogen-bond acceptors (Lipinski definition) is 0. The Morgan fingerprint density at radius 1 is 0.538 bits per heavy atom. The Morgan fingerprint density at radius 3 is 1.59 bits per heavy atom. The Hall–Kier alpha value is -3.12. The lowest BCUT2D eigenvalue weighted by Gasteiger charge is -2.33. The summed E-state index contributed by atoms with van der Waals surface area (Å²) in [4.78, 5) is 0. The van der Waals surface area contributed by atoms with Gasteiger partial charge in [-0.3, -0.25) is 0 Å². The molecular weight excluding hydrogens is 468 g/mol. The van der Waals surface area contributed by atoms with Gasteiger partial charge in [-0.2, -0.15) is 0 Å². The minimum Gasteiger partial charge on any atom is -0.0651 e. The third-order valence-corrected chi connectivity index (χ3v) is 10.1. The highest BCUT2D eigenvalue weighted by molar-refractivity contribution is 5.81. The molecule has 0 heterocycles. The molecule has 0 radical (unpaired) electrons. The zero-order valence-corrected chi connectivity index (χ0v) is 23.9. The van der Waals surface area contributed by atoms with Gasteiger partial charge >= 0.3 is 0 Å². The second-order valence-corrected chi connectivity index (χ2v) is 12.7. The van der Waals surface area contributed by atoms with Crippen LogP contribution in [0.4, 0.5) is 0 Å². The smallest absolute Gasteiger partial charge is 0.0215 e. The fraction of sp³-hybridized carbons (Fsp3) is 0.385. The van der Waals surface area contributed by atoms with E-state index < -0.39 is 0 Å². The van der Waals surface area contributed by atoms with Gasteiger partial charge in [-0.25, -0.2) is 0 Å². The first kappa shape index (κ1) is 24.9. The summed E-state index contributed by atoms with van der Waals surface area (Å²) in [6.45, 7) is 4.58. The van der Waals surface area contributed by atoms with Crippen molar-refractivity contribution < 1.29 is 0 Å². The van der Waals surface area contributed by atoms with Crippen LogP contribution in [0.2, 0.25) is 0 Å². The van der Waals surface area contributed by atoms with E-state index in [0.717, 1.165) is 0 Å². The molecule has 39 heavy (non-hydrogen) atoms. The second kappa shape index (κ2) is 10.1. The summed E-state index contributed by atoms with van der Waals surface area (Å²) >= 11 is 0. The van der Waals surface area contributed by atoms with E-state index in [0.29, 0.717) is 0 Å². The molecule has 3 aliphatic carbocycles. The number of hydrogen-bond donors (Lipinski definition) is 0. The molecule has 7 rings (SSSR count). The lowest BCUT2D eigenvalue weighted by atomic mass is 9.70. The molecule has 4 aromatic rings. The van der Waals surface area contributed by atoms with E-state index in [9.17, 15) is 0 Å². The predicted molar refractivity (Wildman–Crippen MR) is 165 cm³/mol. The van der Waals surface area contributed by atoms with E-state index in [1.807, 2.05) is 0 Å². The van der Waals surface area contributed by atoms with E-state index in [2.05, 4.69) is 86.6 Å². The van der Waals surface area contributed by atoms with Crippen LogP contribution in [0.5, 0.6) is 0 Å². The normalized spacial score (nSPS) is 15.5. The first-order valence-electron chi connectivity index (χ1n) is 15.6. The Labute approximate surface area is 235 Å². The molecule has 0 aromatic heterocycles.